The second-order valence-electron chi connectivity index (χ2n) is 4.68. The number of likely N-dealkylation sites (N-methyl/N-ethyl adjacent to an activating group) is 1. The lowest BCUT2D eigenvalue weighted by Gasteiger charge is -2.27. The number of carbonyl (C=O) groups is 1. The average Bonchev–Trinajstić information content (AvgIpc) is 2.21. The van der Waals surface area contributed by atoms with E-state index in [4.69, 9.17) is 4.74 Å². The minimum Gasteiger partial charge on any atom is -0.380 e. The number of rotatable bonds is 7. The van der Waals surface area contributed by atoms with Crippen molar-refractivity contribution in [2.45, 2.75) is 39.8 Å². The first kappa shape index (κ1) is 15.4. The maximum atomic E-state index is 11.9. The van der Waals surface area contributed by atoms with Crippen molar-refractivity contribution in [1.82, 2.24) is 10.2 Å². The number of hydrogen-bond acceptors (Lipinski definition) is 3. The largest absolute Gasteiger partial charge is 0.380 e. The van der Waals surface area contributed by atoms with Gasteiger partial charge in [-0.2, -0.15) is 0 Å². The quantitative estimate of drug-likeness (QED) is 0.712. The van der Waals surface area contributed by atoms with Gasteiger partial charge in [0.25, 0.3) is 0 Å². The van der Waals surface area contributed by atoms with Crippen LogP contribution in [0.15, 0.2) is 0 Å². The topological polar surface area (TPSA) is 41.6 Å². The van der Waals surface area contributed by atoms with Crippen LogP contribution in [0.5, 0.6) is 0 Å². The monoisotopic (exact) mass is 230 g/mol. The number of nitrogens with one attached hydrogen (secondary N) is 1. The van der Waals surface area contributed by atoms with E-state index in [0.717, 1.165) is 0 Å². The summed E-state index contributed by atoms with van der Waals surface area (Å²) in [6.07, 6.45) is 0. The maximum absolute atomic E-state index is 11.9. The van der Waals surface area contributed by atoms with E-state index >= 15 is 0 Å². The van der Waals surface area contributed by atoms with Crippen LogP contribution in [-0.2, 0) is 9.53 Å². The SMILES string of the molecule is CCOCC(C)NC(C(=O)N(C)C)C(C)C. The van der Waals surface area contributed by atoms with Crippen LogP contribution in [0, 0.1) is 5.92 Å². The maximum Gasteiger partial charge on any atom is 0.239 e. The van der Waals surface area contributed by atoms with E-state index in [-0.39, 0.29) is 23.9 Å². The van der Waals surface area contributed by atoms with Crippen molar-refractivity contribution >= 4 is 5.91 Å². The summed E-state index contributed by atoms with van der Waals surface area (Å²) < 4.78 is 5.33. The zero-order valence-corrected chi connectivity index (χ0v) is 11.4. The molecule has 1 amide bonds. The lowest BCUT2D eigenvalue weighted by Crippen LogP contribution is -2.51. The molecule has 0 aromatic carbocycles. The van der Waals surface area contributed by atoms with Crippen LogP contribution in [-0.4, -0.2) is 50.2 Å². The molecule has 0 aliphatic heterocycles. The molecule has 4 nitrogen and oxygen atoms in total. The van der Waals surface area contributed by atoms with Crippen molar-refractivity contribution in [3.8, 4) is 0 Å². The van der Waals surface area contributed by atoms with Gasteiger partial charge in [0.15, 0.2) is 0 Å². The Morgan fingerprint density at radius 2 is 1.88 bits per heavy atom. The first-order chi connectivity index (χ1) is 7.40. The van der Waals surface area contributed by atoms with Crippen LogP contribution in [0.1, 0.15) is 27.7 Å². The molecule has 4 heteroatoms. The first-order valence-electron chi connectivity index (χ1n) is 5.95. The molecular formula is C12H26N2O2. The van der Waals surface area contributed by atoms with Gasteiger partial charge in [-0.05, 0) is 19.8 Å². The fourth-order valence-electron chi connectivity index (χ4n) is 1.48. The summed E-state index contributed by atoms with van der Waals surface area (Å²) in [6, 6.07) is 0.0571. The fraction of sp³-hybridized carbons (Fsp3) is 0.917. The van der Waals surface area contributed by atoms with Crippen LogP contribution in [0.25, 0.3) is 0 Å². The fourth-order valence-corrected chi connectivity index (χ4v) is 1.48. The molecule has 0 aliphatic rings. The minimum atomic E-state index is -0.134. The molecule has 0 aromatic rings. The highest BCUT2D eigenvalue weighted by atomic mass is 16.5. The predicted molar refractivity (Wildman–Crippen MR) is 66.4 cm³/mol. The Hall–Kier alpha value is -0.610. The Morgan fingerprint density at radius 1 is 1.31 bits per heavy atom. The summed E-state index contributed by atoms with van der Waals surface area (Å²) in [7, 11) is 3.57. The van der Waals surface area contributed by atoms with E-state index in [2.05, 4.69) is 5.32 Å². The molecule has 0 fully saturated rings. The minimum absolute atomic E-state index is 0.123. The molecule has 0 bridgehead atoms. The molecule has 0 spiro atoms. The summed E-state index contributed by atoms with van der Waals surface area (Å²) >= 11 is 0. The molecule has 0 saturated carbocycles. The standard InChI is InChI=1S/C12H26N2O2/c1-7-16-8-10(4)13-11(9(2)3)12(15)14(5)6/h9-11,13H,7-8H2,1-6H3. The molecule has 0 aromatic heterocycles. The number of ether oxygens (including phenoxy) is 1. The van der Waals surface area contributed by atoms with Gasteiger partial charge in [0, 0.05) is 26.7 Å². The van der Waals surface area contributed by atoms with Gasteiger partial charge in [-0.1, -0.05) is 13.8 Å². The summed E-state index contributed by atoms with van der Waals surface area (Å²) in [5.41, 5.74) is 0. The van der Waals surface area contributed by atoms with E-state index in [1.165, 1.54) is 0 Å². The predicted octanol–water partition coefficient (Wildman–Crippen LogP) is 1.11. The van der Waals surface area contributed by atoms with E-state index in [1.54, 1.807) is 19.0 Å². The first-order valence-corrected chi connectivity index (χ1v) is 5.95. The zero-order valence-electron chi connectivity index (χ0n) is 11.4. The van der Waals surface area contributed by atoms with E-state index in [1.807, 2.05) is 27.7 Å². The van der Waals surface area contributed by atoms with Gasteiger partial charge in [0.05, 0.1) is 12.6 Å². The van der Waals surface area contributed by atoms with Crippen LogP contribution in [0.3, 0.4) is 0 Å². The van der Waals surface area contributed by atoms with Crippen molar-refractivity contribution in [1.29, 1.82) is 0 Å². The molecule has 2 unspecified atom stereocenters. The van der Waals surface area contributed by atoms with Crippen molar-refractivity contribution in [2.24, 2.45) is 5.92 Å². The van der Waals surface area contributed by atoms with Gasteiger partial charge in [-0.25, -0.2) is 0 Å². The highest BCUT2D eigenvalue weighted by molar-refractivity contribution is 5.81. The Balaban J connectivity index is 4.28. The second-order valence-corrected chi connectivity index (χ2v) is 4.68. The van der Waals surface area contributed by atoms with Crippen molar-refractivity contribution in [3.63, 3.8) is 0 Å². The van der Waals surface area contributed by atoms with E-state index in [9.17, 15) is 4.79 Å². The molecule has 2 atom stereocenters. The van der Waals surface area contributed by atoms with E-state index < -0.39 is 0 Å². The van der Waals surface area contributed by atoms with Gasteiger partial charge < -0.3 is 15.0 Å². The van der Waals surface area contributed by atoms with Gasteiger partial charge in [0.1, 0.15) is 0 Å². The summed E-state index contributed by atoms with van der Waals surface area (Å²) in [4.78, 5) is 13.5. The van der Waals surface area contributed by atoms with E-state index in [0.29, 0.717) is 13.2 Å². The Kier molecular flexibility index (Phi) is 7.34. The van der Waals surface area contributed by atoms with Crippen molar-refractivity contribution < 1.29 is 9.53 Å². The molecule has 0 rings (SSSR count). The second kappa shape index (κ2) is 7.63. The Morgan fingerprint density at radius 3 is 2.25 bits per heavy atom. The summed E-state index contributed by atoms with van der Waals surface area (Å²) in [5.74, 6) is 0.400. The average molecular weight is 230 g/mol. The summed E-state index contributed by atoms with van der Waals surface area (Å²) in [6.45, 7) is 9.45. The lowest BCUT2D eigenvalue weighted by molar-refractivity contribution is -0.132. The summed E-state index contributed by atoms with van der Waals surface area (Å²) in [5, 5.41) is 3.32. The number of amides is 1. The van der Waals surface area contributed by atoms with Crippen molar-refractivity contribution in [3.05, 3.63) is 0 Å². The molecule has 0 saturated heterocycles. The van der Waals surface area contributed by atoms with Crippen LogP contribution >= 0.6 is 0 Å². The van der Waals surface area contributed by atoms with Gasteiger partial charge in [0.2, 0.25) is 5.91 Å². The Labute approximate surface area is 99.3 Å². The number of carbonyl (C=O) groups excluding carboxylic acids is 1. The number of nitrogens with zero attached hydrogens (tertiary/aromatic N) is 1. The third-order valence-electron chi connectivity index (χ3n) is 2.41. The Bertz CT molecular complexity index is 205. The molecule has 0 heterocycles. The highest BCUT2D eigenvalue weighted by Crippen LogP contribution is 2.05. The van der Waals surface area contributed by atoms with Crippen LogP contribution < -0.4 is 5.32 Å². The smallest absolute Gasteiger partial charge is 0.239 e. The lowest BCUT2D eigenvalue weighted by atomic mass is 10.0. The number of hydrogen-bond donors (Lipinski definition) is 1. The molecule has 16 heavy (non-hydrogen) atoms. The molecule has 0 radical (unpaired) electrons. The third-order valence-corrected chi connectivity index (χ3v) is 2.41. The zero-order chi connectivity index (χ0) is 12.7. The van der Waals surface area contributed by atoms with Crippen molar-refractivity contribution in [2.75, 3.05) is 27.3 Å². The van der Waals surface area contributed by atoms with Crippen LogP contribution in [0.2, 0.25) is 0 Å². The van der Waals surface area contributed by atoms with Gasteiger partial charge in [-0.3, -0.25) is 4.79 Å². The van der Waals surface area contributed by atoms with Crippen LogP contribution in [0.4, 0.5) is 0 Å². The molecular weight excluding hydrogens is 204 g/mol. The van der Waals surface area contributed by atoms with Gasteiger partial charge in [-0.15, -0.1) is 0 Å². The third kappa shape index (κ3) is 5.47. The molecule has 0 aliphatic carbocycles. The molecule has 96 valence electrons. The molecule has 1 N–H and O–H groups in total. The normalized spacial score (nSPS) is 14.9. The highest BCUT2D eigenvalue weighted by Gasteiger charge is 2.24. The van der Waals surface area contributed by atoms with Gasteiger partial charge >= 0.3 is 0 Å².